The summed E-state index contributed by atoms with van der Waals surface area (Å²) in [6, 6.07) is 34.0. The lowest BCUT2D eigenvalue weighted by atomic mass is 9.74. The number of fused-ring (bicyclic) bond motifs is 9. The molecule has 3 heterocycles. The van der Waals surface area contributed by atoms with Crippen LogP contribution in [-0.4, -0.2) is 26.4 Å². The van der Waals surface area contributed by atoms with Crippen LogP contribution in [0.3, 0.4) is 0 Å². The minimum Gasteiger partial charge on any atom is -0.399 e. The zero-order chi connectivity index (χ0) is 24.0. The van der Waals surface area contributed by atoms with Gasteiger partial charge in [0, 0.05) is 9.79 Å². The molecule has 7 rings (SSSR count). The van der Waals surface area contributed by atoms with Crippen molar-refractivity contribution in [1.29, 1.82) is 0 Å². The predicted octanol–water partition coefficient (Wildman–Crippen LogP) is 3.81. The second kappa shape index (κ2) is 7.23. The fourth-order valence-electron chi connectivity index (χ4n) is 6.10. The van der Waals surface area contributed by atoms with E-state index in [0.717, 1.165) is 5.46 Å². The van der Waals surface area contributed by atoms with Crippen molar-refractivity contribution in [2.45, 2.75) is 48.7 Å². The minimum atomic E-state index is -2.49. The molecule has 0 radical (unpaired) electrons. The van der Waals surface area contributed by atoms with Crippen molar-refractivity contribution >= 4 is 53.2 Å². The van der Waals surface area contributed by atoms with Crippen molar-refractivity contribution in [2.75, 3.05) is 0 Å². The summed E-state index contributed by atoms with van der Waals surface area (Å²) in [5.41, 5.74) is 3.02. The highest BCUT2D eigenvalue weighted by atomic mass is 32.2. The van der Waals surface area contributed by atoms with Gasteiger partial charge in [-0.1, -0.05) is 90.6 Å². The molecule has 0 aliphatic carbocycles. The number of hydrogen-bond donors (Lipinski definition) is 0. The standard InChI is InChI=1S/C30H27BO2SSi/c1-29(2)30(3,4)33-31(32-29)21-13-11-19-27-28(21)20-12-5-8-16-24(20)35(27)25-17-9-6-14-22(25)34-23-15-7-10-18-26(23)35/h5-19H,1-4H3. The maximum Gasteiger partial charge on any atom is 0.495 e. The van der Waals surface area contributed by atoms with Gasteiger partial charge in [-0.25, -0.2) is 0 Å². The summed E-state index contributed by atoms with van der Waals surface area (Å²) in [7, 11) is -2.88. The molecule has 4 aromatic rings. The van der Waals surface area contributed by atoms with Crippen LogP contribution >= 0.6 is 11.8 Å². The SMILES string of the molecule is CC1(C)OB(c2cccc3c2-c2ccccc2[Si]32c3ccccc3Sc3ccccc32)OC1(C)C. The lowest BCUT2D eigenvalue weighted by Crippen LogP contribution is -2.74. The molecule has 0 amide bonds. The van der Waals surface area contributed by atoms with Gasteiger partial charge in [-0.2, -0.15) is 0 Å². The Hall–Kier alpha value is -2.57. The molecule has 2 nitrogen and oxygen atoms in total. The molecule has 1 fully saturated rings. The van der Waals surface area contributed by atoms with Gasteiger partial charge >= 0.3 is 7.12 Å². The van der Waals surface area contributed by atoms with E-state index in [4.69, 9.17) is 9.31 Å². The Morgan fingerprint density at radius 3 is 1.74 bits per heavy atom. The maximum atomic E-state index is 6.59. The van der Waals surface area contributed by atoms with Crippen molar-refractivity contribution in [3.05, 3.63) is 91.0 Å². The first kappa shape index (κ1) is 21.7. The third-order valence-corrected chi connectivity index (χ3v) is 14.9. The van der Waals surface area contributed by atoms with Crippen LogP contribution in [0.25, 0.3) is 11.1 Å². The average molecular weight is 491 g/mol. The summed E-state index contributed by atoms with van der Waals surface area (Å²) in [6.45, 7) is 8.52. The largest absolute Gasteiger partial charge is 0.495 e. The molecule has 0 bridgehead atoms. The van der Waals surface area contributed by atoms with Gasteiger partial charge < -0.3 is 9.31 Å². The first-order valence-electron chi connectivity index (χ1n) is 12.3. The van der Waals surface area contributed by atoms with Crippen LogP contribution in [-0.2, 0) is 9.31 Å². The molecule has 4 aromatic carbocycles. The molecular formula is C30H27BO2SSi. The summed E-state index contributed by atoms with van der Waals surface area (Å²) in [6.07, 6.45) is 0. The van der Waals surface area contributed by atoms with E-state index in [1.54, 1.807) is 0 Å². The predicted molar refractivity (Wildman–Crippen MR) is 149 cm³/mol. The zero-order valence-corrected chi connectivity index (χ0v) is 22.3. The quantitative estimate of drug-likeness (QED) is 0.327. The normalized spacial score (nSPS) is 19.7. The molecule has 0 N–H and O–H groups in total. The molecule has 35 heavy (non-hydrogen) atoms. The number of hydrogen-bond acceptors (Lipinski definition) is 3. The van der Waals surface area contributed by atoms with E-state index in [1.807, 2.05) is 11.8 Å². The third kappa shape index (κ3) is 2.75. The Kier molecular flexibility index (Phi) is 4.48. The van der Waals surface area contributed by atoms with E-state index in [-0.39, 0.29) is 11.2 Å². The Balaban J connectivity index is 1.58. The minimum absolute atomic E-state index is 0.381. The van der Waals surface area contributed by atoms with Crippen molar-refractivity contribution in [1.82, 2.24) is 0 Å². The van der Waals surface area contributed by atoms with E-state index in [1.165, 1.54) is 41.7 Å². The zero-order valence-electron chi connectivity index (χ0n) is 20.5. The molecular weight excluding hydrogens is 463 g/mol. The van der Waals surface area contributed by atoms with Crippen LogP contribution < -0.4 is 26.2 Å². The molecule has 3 aliphatic heterocycles. The third-order valence-electron chi connectivity index (χ3n) is 8.41. The van der Waals surface area contributed by atoms with Gasteiger partial charge in [0.2, 0.25) is 0 Å². The molecule has 3 aliphatic rings. The van der Waals surface area contributed by atoms with Gasteiger partial charge in [0.05, 0.1) is 11.2 Å². The highest BCUT2D eigenvalue weighted by Gasteiger charge is 2.56. The Morgan fingerprint density at radius 2 is 1.11 bits per heavy atom. The highest BCUT2D eigenvalue weighted by molar-refractivity contribution is 8.00. The van der Waals surface area contributed by atoms with Crippen LogP contribution in [0.2, 0.25) is 0 Å². The first-order valence-corrected chi connectivity index (χ1v) is 15.1. The van der Waals surface area contributed by atoms with E-state index < -0.39 is 15.2 Å². The van der Waals surface area contributed by atoms with Gasteiger partial charge in [0.25, 0.3) is 0 Å². The van der Waals surface area contributed by atoms with E-state index in [2.05, 4.69) is 119 Å². The number of rotatable bonds is 1. The smallest absolute Gasteiger partial charge is 0.399 e. The Bertz CT molecular complexity index is 1450. The van der Waals surface area contributed by atoms with Crippen LogP contribution in [0, 0.1) is 0 Å². The van der Waals surface area contributed by atoms with E-state index in [9.17, 15) is 0 Å². The van der Waals surface area contributed by atoms with Crippen molar-refractivity contribution in [2.24, 2.45) is 0 Å². The molecule has 0 aromatic heterocycles. The molecule has 172 valence electrons. The van der Waals surface area contributed by atoms with Gasteiger partial charge in [-0.05, 0) is 77.2 Å². The Morgan fingerprint density at radius 1 is 0.600 bits per heavy atom. The summed E-state index contributed by atoms with van der Waals surface area (Å²) in [5, 5.41) is 5.90. The van der Waals surface area contributed by atoms with E-state index in [0.29, 0.717) is 0 Å². The monoisotopic (exact) mass is 490 g/mol. The van der Waals surface area contributed by atoms with Crippen LogP contribution in [0.4, 0.5) is 0 Å². The average Bonchev–Trinajstić information content (AvgIpc) is 3.27. The topological polar surface area (TPSA) is 18.5 Å². The molecule has 0 atom stereocenters. The molecule has 5 heteroatoms. The summed E-state index contributed by atoms with van der Waals surface area (Å²) in [5.74, 6) is 0. The second-order valence-corrected chi connectivity index (χ2v) is 15.5. The van der Waals surface area contributed by atoms with Crippen LogP contribution in [0.1, 0.15) is 27.7 Å². The molecule has 1 spiro atoms. The maximum absolute atomic E-state index is 6.59. The van der Waals surface area contributed by atoms with E-state index >= 15 is 0 Å². The molecule has 1 saturated heterocycles. The van der Waals surface area contributed by atoms with Crippen molar-refractivity contribution in [3.63, 3.8) is 0 Å². The Labute approximate surface area is 212 Å². The fourth-order valence-corrected chi connectivity index (χ4v) is 13.5. The lowest BCUT2D eigenvalue weighted by molar-refractivity contribution is 0.00578. The summed E-state index contributed by atoms with van der Waals surface area (Å²) in [4.78, 5) is 2.75. The van der Waals surface area contributed by atoms with Gasteiger partial charge in [-0.15, -0.1) is 0 Å². The fraction of sp³-hybridized carbons (Fsp3) is 0.200. The van der Waals surface area contributed by atoms with Gasteiger partial charge in [0.1, 0.15) is 0 Å². The van der Waals surface area contributed by atoms with Crippen LogP contribution in [0.15, 0.2) is 101 Å². The highest BCUT2D eigenvalue weighted by Crippen LogP contribution is 2.40. The summed E-state index contributed by atoms with van der Waals surface area (Å²) >= 11 is 1.91. The van der Waals surface area contributed by atoms with Crippen LogP contribution in [0.5, 0.6) is 0 Å². The first-order chi connectivity index (χ1) is 16.8. The van der Waals surface area contributed by atoms with Gasteiger partial charge in [0.15, 0.2) is 8.07 Å². The molecule has 0 saturated carbocycles. The lowest BCUT2D eigenvalue weighted by Gasteiger charge is -2.37. The number of benzene rings is 4. The molecule has 0 unspecified atom stereocenters. The van der Waals surface area contributed by atoms with Gasteiger partial charge in [-0.3, -0.25) is 0 Å². The van der Waals surface area contributed by atoms with Crippen molar-refractivity contribution < 1.29 is 9.31 Å². The van der Waals surface area contributed by atoms with Crippen molar-refractivity contribution in [3.8, 4) is 11.1 Å². The second-order valence-electron chi connectivity index (χ2n) is 10.7. The summed E-state index contributed by atoms with van der Waals surface area (Å²) < 4.78 is 13.2.